The third-order valence-corrected chi connectivity index (χ3v) is 2.87. The van der Waals surface area contributed by atoms with Gasteiger partial charge in [0.2, 0.25) is 0 Å². The zero-order chi connectivity index (χ0) is 12.0. The van der Waals surface area contributed by atoms with Crippen LogP contribution in [0.15, 0.2) is 24.3 Å². The summed E-state index contributed by atoms with van der Waals surface area (Å²) < 4.78 is 12.7. The van der Waals surface area contributed by atoms with Crippen LogP contribution >= 0.6 is 0 Å². The van der Waals surface area contributed by atoms with Crippen LogP contribution < -0.4 is 0 Å². The molecule has 0 saturated carbocycles. The van der Waals surface area contributed by atoms with E-state index in [1.807, 2.05) is 0 Å². The number of hydrogen-bond donors (Lipinski definition) is 1. The molecule has 0 amide bonds. The van der Waals surface area contributed by atoms with Gasteiger partial charge < -0.3 is 10.0 Å². The fourth-order valence-electron chi connectivity index (χ4n) is 1.70. The zero-order valence-corrected chi connectivity index (χ0v) is 9.99. The molecule has 16 heavy (non-hydrogen) atoms. The summed E-state index contributed by atoms with van der Waals surface area (Å²) in [5, 5.41) is 9.90. The lowest BCUT2D eigenvalue weighted by atomic mass is 10.1. The molecule has 0 aromatic heterocycles. The predicted octanol–water partition coefficient (Wildman–Crippen LogP) is 2.59. The summed E-state index contributed by atoms with van der Waals surface area (Å²) in [6.07, 6.45) is 0.189. The Morgan fingerprint density at radius 1 is 1.19 bits per heavy atom. The molecular formula is C13H20FNO. The van der Waals surface area contributed by atoms with Crippen LogP contribution in [0.5, 0.6) is 0 Å². The molecule has 0 aliphatic rings. The van der Waals surface area contributed by atoms with Crippen molar-refractivity contribution in [2.24, 2.45) is 0 Å². The van der Waals surface area contributed by atoms with Gasteiger partial charge in [-0.05, 0) is 37.2 Å². The summed E-state index contributed by atoms with van der Waals surface area (Å²) in [7, 11) is 0. The lowest BCUT2D eigenvalue weighted by Gasteiger charge is -2.20. The van der Waals surface area contributed by atoms with Gasteiger partial charge in [0.1, 0.15) is 5.82 Å². The quantitative estimate of drug-likeness (QED) is 0.804. The van der Waals surface area contributed by atoms with Crippen molar-refractivity contribution in [1.82, 2.24) is 4.90 Å². The lowest BCUT2D eigenvalue weighted by Crippen LogP contribution is -2.25. The number of rotatable bonds is 6. The molecule has 90 valence electrons. The van der Waals surface area contributed by atoms with E-state index < -0.39 is 6.10 Å². The van der Waals surface area contributed by atoms with E-state index in [4.69, 9.17) is 0 Å². The molecule has 0 aliphatic heterocycles. The number of benzene rings is 1. The maximum atomic E-state index is 12.7. The first-order valence-corrected chi connectivity index (χ1v) is 5.83. The fraction of sp³-hybridized carbons (Fsp3) is 0.538. The molecular weight excluding hydrogens is 205 g/mol. The van der Waals surface area contributed by atoms with Crippen LogP contribution in [-0.4, -0.2) is 29.6 Å². The minimum atomic E-state index is -0.499. The highest BCUT2D eigenvalue weighted by Gasteiger charge is 2.09. The molecule has 1 rings (SSSR count). The molecule has 0 radical (unpaired) electrons. The minimum Gasteiger partial charge on any atom is -0.388 e. The van der Waals surface area contributed by atoms with E-state index in [9.17, 15) is 9.50 Å². The second kappa shape index (κ2) is 6.61. The SMILES string of the molecule is CCN(CC)CCC(O)c1ccc(F)cc1. The van der Waals surface area contributed by atoms with Gasteiger partial charge in [-0.1, -0.05) is 26.0 Å². The molecule has 0 spiro atoms. The van der Waals surface area contributed by atoms with Gasteiger partial charge in [0.05, 0.1) is 6.10 Å². The first kappa shape index (κ1) is 13.1. The van der Waals surface area contributed by atoms with Crippen molar-refractivity contribution in [3.8, 4) is 0 Å². The minimum absolute atomic E-state index is 0.264. The average molecular weight is 225 g/mol. The highest BCUT2D eigenvalue weighted by atomic mass is 19.1. The molecule has 0 fully saturated rings. The second-order valence-corrected chi connectivity index (χ2v) is 3.88. The van der Waals surface area contributed by atoms with E-state index >= 15 is 0 Å². The van der Waals surface area contributed by atoms with Crippen LogP contribution in [0.4, 0.5) is 4.39 Å². The van der Waals surface area contributed by atoms with Crippen LogP contribution in [0.3, 0.4) is 0 Å². The maximum absolute atomic E-state index is 12.7. The Hall–Kier alpha value is -0.930. The maximum Gasteiger partial charge on any atom is 0.123 e. The van der Waals surface area contributed by atoms with Crippen LogP contribution in [0.1, 0.15) is 31.9 Å². The summed E-state index contributed by atoms with van der Waals surface area (Å²) in [4.78, 5) is 2.26. The van der Waals surface area contributed by atoms with Crippen molar-refractivity contribution in [2.45, 2.75) is 26.4 Å². The Kier molecular flexibility index (Phi) is 5.43. The Labute approximate surface area is 96.7 Å². The monoisotopic (exact) mass is 225 g/mol. The lowest BCUT2D eigenvalue weighted by molar-refractivity contribution is 0.145. The summed E-state index contributed by atoms with van der Waals surface area (Å²) in [5.41, 5.74) is 0.786. The summed E-state index contributed by atoms with van der Waals surface area (Å²) in [5.74, 6) is -0.264. The number of aliphatic hydroxyl groups excluding tert-OH is 1. The molecule has 0 aliphatic carbocycles. The van der Waals surface area contributed by atoms with Gasteiger partial charge in [-0.3, -0.25) is 0 Å². The Morgan fingerprint density at radius 3 is 2.25 bits per heavy atom. The van der Waals surface area contributed by atoms with E-state index in [-0.39, 0.29) is 5.82 Å². The molecule has 0 bridgehead atoms. The van der Waals surface area contributed by atoms with Gasteiger partial charge in [0.25, 0.3) is 0 Å². The Bertz CT molecular complexity index is 295. The molecule has 1 N–H and O–H groups in total. The van der Waals surface area contributed by atoms with Gasteiger partial charge in [0, 0.05) is 6.54 Å². The standard InChI is InChI=1S/C13H20FNO/c1-3-15(4-2)10-9-13(16)11-5-7-12(14)8-6-11/h5-8,13,16H,3-4,9-10H2,1-2H3. The fourth-order valence-corrected chi connectivity index (χ4v) is 1.70. The summed E-state index contributed by atoms with van der Waals surface area (Å²) in [6, 6.07) is 6.05. The van der Waals surface area contributed by atoms with Gasteiger partial charge >= 0.3 is 0 Å². The third kappa shape index (κ3) is 3.91. The van der Waals surface area contributed by atoms with E-state index in [1.165, 1.54) is 12.1 Å². The van der Waals surface area contributed by atoms with Crippen LogP contribution in [-0.2, 0) is 0 Å². The summed E-state index contributed by atoms with van der Waals surface area (Å²) in [6.45, 7) is 7.06. The second-order valence-electron chi connectivity index (χ2n) is 3.88. The van der Waals surface area contributed by atoms with Gasteiger partial charge in [-0.2, -0.15) is 0 Å². The molecule has 1 aromatic rings. The van der Waals surface area contributed by atoms with Crippen molar-refractivity contribution in [3.05, 3.63) is 35.6 Å². The zero-order valence-electron chi connectivity index (χ0n) is 9.99. The first-order chi connectivity index (χ1) is 7.67. The van der Waals surface area contributed by atoms with Gasteiger partial charge in [0.15, 0.2) is 0 Å². The van der Waals surface area contributed by atoms with E-state index in [1.54, 1.807) is 12.1 Å². The van der Waals surface area contributed by atoms with E-state index in [2.05, 4.69) is 18.7 Å². The van der Waals surface area contributed by atoms with Crippen molar-refractivity contribution in [3.63, 3.8) is 0 Å². The predicted molar refractivity (Wildman–Crippen MR) is 63.8 cm³/mol. The van der Waals surface area contributed by atoms with E-state index in [0.29, 0.717) is 6.42 Å². The molecule has 2 nitrogen and oxygen atoms in total. The Balaban J connectivity index is 2.46. The third-order valence-electron chi connectivity index (χ3n) is 2.87. The average Bonchev–Trinajstić information content (AvgIpc) is 2.31. The van der Waals surface area contributed by atoms with Crippen LogP contribution in [0.25, 0.3) is 0 Å². The highest BCUT2D eigenvalue weighted by Crippen LogP contribution is 2.17. The highest BCUT2D eigenvalue weighted by molar-refractivity contribution is 5.18. The molecule has 1 aromatic carbocycles. The van der Waals surface area contributed by atoms with Crippen molar-refractivity contribution in [1.29, 1.82) is 0 Å². The molecule has 1 unspecified atom stereocenters. The number of aliphatic hydroxyl groups is 1. The van der Waals surface area contributed by atoms with Crippen LogP contribution in [0, 0.1) is 5.82 Å². The van der Waals surface area contributed by atoms with Crippen molar-refractivity contribution >= 4 is 0 Å². The smallest absolute Gasteiger partial charge is 0.123 e. The molecule has 0 saturated heterocycles. The number of nitrogens with zero attached hydrogens (tertiary/aromatic N) is 1. The molecule has 3 heteroatoms. The van der Waals surface area contributed by atoms with Gasteiger partial charge in [-0.25, -0.2) is 4.39 Å². The first-order valence-electron chi connectivity index (χ1n) is 5.83. The summed E-state index contributed by atoms with van der Waals surface area (Å²) >= 11 is 0. The Morgan fingerprint density at radius 2 is 1.75 bits per heavy atom. The molecule has 0 heterocycles. The molecule has 1 atom stereocenters. The van der Waals surface area contributed by atoms with Gasteiger partial charge in [-0.15, -0.1) is 0 Å². The largest absolute Gasteiger partial charge is 0.388 e. The number of halogens is 1. The van der Waals surface area contributed by atoms with Crippen molar-refractivity contribution in [2.75, 3.05) is 19.6 Å². The normalized spacial score (nSPS) is 13.1. The van der Waals surface area contributed by atoms with Crippen LogP contribution in [0.2, 0.25) is 0 Å². The topological polar surface area (TPSA) is 23.5 Å². The van der Waals surface area contributed by atoms with E-state index in [0.717, 1.165) is 25.2 Å². The van der Waals surface area contributed by atoms with Crippen molar-refractivity contribution < 1.29 is 9.50 Å². The number of hydrogen-bond acceptors (Lipinski definition) is 2.